The standard InChI is InChI=1S/C17H15BrN4O2/c18-12-4-1-10(2-5-12)15(23)9-22-14-7-11(17(19)20)3-6-13(14)21-8-16(22)24/h1-7,21H,8-9H2,(H3,19,20). The Hall–Kier alpha value is -2.67. The van der Waals surface area contributed by atoms with Crippen molar-refractivity contribution in [1.29, 1.82) is 5.41 Å². The molecule has 0 saturated carbocycles. The van der Waals surface area contributed by atoms with Crippen LogP contribution in [0.15, 0.2) is 46.9 Å². The summed E-state index contributed by atoms with van der Waals surface area (Å²) in [7, 11) is 0. The zero-order valence-corrected chi connectivity index (χ0v) is 14.3. The minimum Gasteiger partial charge on any atom is -0.384 e. The number of carbonyl (C=O) groups excluding carboxylic acids is 2. The molecule has 0 bridgehead atoms. The number of ketones is 1. The number of fused-ring (bicyclic) bond motifs is 1. The molecule has 1 amide bonds. The van der Waals surface area contributed by atoms with Gasteiger partial charge in [-0.25, -0.2) is 0 Å². The van der Waals surface area contributed by atoms with Gasteiger partial charge in [0.25, 0.3) is 0 Å². The molecular weight excluding hydrogens is 372 g/mol. The van der Waals surface area contributed by atoms with E-state index < -0.39 is 0 Å². The first kappa shape index (κ1) is 16.2. The van der Waals surface area contributed by atoms with Crippen LogP contribution in [-0.4, -0.2) is 30.6 Å². The molecule has 7 heteroatoms. The number of carbonyl (C=O) groups is 2. The Kier molecular flexibility index (Phi) is 4.35. The van der Waals surface area contributed by atoms with Crippen molar-refractivity contribution >= 4 is 44.8 Å². The Morgan fingerprint density at radius 1 is 1.21 bits per heavy atom. The first-order valence-corrected chi connectivity index (χ1v) is 8.06. The van der Waals surface area contributed by atoms with Crippen LogP contribution in [0, 0.1) is 5.41 Å². The molecular formula is C17H15BrN4O2. The van der Waals surface area contributed by atoms with Gasteiger partial charge in [-0.1, -0.05) is 28.1 Å². The van der Waals surface area contributed by atoms with Crippen LogP contribution in [0.3, 0.4) is 0 Å². The van der Waals surface area contributed by atoms with Crippen molar-refractivity contribution in [2.45, 2.75) is 0 Å². The lowest BCUT2D eigenvalue weighted by Crippen LogP contribution is -2.43. The fourth-order valence-corrected chi connectivity index (χ4v) is 2.78. The fourth-order valence-electron chi connectivity index (χ4n) is 2.52. The van der Waals surface area contributed by atoms with Crippen LogP contribution in [0.5, 0.6) is 0 Å². The molecule has 0 atom stereocenters. The SMILES string of the molecule is N=C(N)c1ccc2c(c1)N(CC(=O)c1ccc(Br)cc1)C(=O)CN2. The second kappa shape index (κ2) is 6.45. The molecule has 2 aromatic carbocycles. The van der Waals surface area contributed by atoms with Gasteiger partial charge >= 0.3 is 0 Å². The van der Waals surface area contributed by atoms with Crippen molar-refractivity contribution in [3.63, 3.8) is 0 Å². The van der Waals surface area contributed by atoms with Gasteiger partial charge < -0.3 is 16.0 Å². The number of hydrogen-bond acceptors (Lipinski definition) is 4. The number of nitrogens with zero attached hydrogens (tertiary/aromatic N) is 1. The number of amidine groups is 1. The number of nitrogen functional groups attached to an aromatic ring is 1. The summed E-state index contributed by atoms with van der Waals surface area (Å²) in [6.45, 7) is 0.0660. The van der Waals surface area contributed by atoms with Crippen LogP contribution < -0.4 is 16.0 Å². The number of nitrogens with two attached hydrogens (primary N) is 1. The number of halogens is 1. The molecule has 0 fully saturated rings. The third kappa shape index (κ3) is 3.16. The van der Waals surface area contributed by atoms with Crippen molar-refractivity contribution in [3.8, 4) is 0 Å². The molecule has 6 nitrogen and oxygen atoms in total. The second-order valence-electron chi connectivity index (χ2n) is 5.41. The first-order chi connectivity index (χ1) is 11.5. The van der Waals surface area contributed by atoms with Crippen LogP contribution in [-0.2, 0) is 4.79 Å². The lowest BCUT2D eigenvalue weighted by molar-refractivity contribution is -0.117. The van der Waals surface area contributed by atoms with Crippen molar-refractivity contribution in [3.05, 3.63) is 58.1 Å². The highest BCUT2D eigenvalue weighted by molar-refractivity contribution is 9.10. The zero-order valence-electron chi connectivity index (χ0n) is 12.7. The van der Waals surface area contributed by atoms with E-state index in [-0.39, 0.29) is 30.6 Å². The van der Waals surface area contributed by atoms with Gasteiger partial charge in [-0.2, -0.15) is 0 Å². The maximum atomic E-state index is 12.5. The van der Waals surface area contributed by atoms with E-state index in [1.807, 2.05) is 0 Å². The highest BCUT2D eigenvalue weighted by Gasteiger charge is 2.26. The van der Waals surface area contributed by atoms with E-state index in [0.29, 0.717) is 16.8 Å². The predicted octanol–water partition coefficient (Wildman–Crippen LogP) is 2.37. The van der Waals surface area contributed by atoms with Crippen molar-refractivity contribution < 1.29 is 9.59 Å². The van der Waals surface area contributed by atoms with Crippen LogP contribution >= 0.6 is 15.9 Å². The first-order valence-electron chi connectivity index (χ1n) is 7.27. The average molecular weight is 387 g/mol. The summed E-state index contributed by atoms with van der Waals surface area (Å²) in [4.78, 5) is 26.2. The molecule has 3 rings (SSSR count). The van der Waals surface area contributed by atoms with E-state index in [0.717, 1.165) is 10.2 Å². The Bertz CT molecular complexity index is 833. The van der Waals surface area contributed by atoms with Crippen molar-refractivity contribution in [2.75, 3.05) is 23.3 Å². The van der Waals surface area contributed by atoms with E-state index >= 15 is 0 Å². The van der Waals surface area contributed by atoms with E-state index in [1.165, 1.54) is 4.90 Å². The Morgan fingerprint density at radius 3 is 2.54 bits per heavy atom. The van der Waals surface area contributed by atoms with Gasteiger partial charge in [0.2, 0.25) is 5.91 Å². The molecule has 2 aromatic rings. The van der Waals surface area contributed by atoms with Crippen LogP contribution in [0.1, 0.15) is 15.9 Å². The summed E-state index contributed by atoms with van der Waals surface area (Å²) in [5.41, 5.74) is 7.86. The largest absolute Gasteiger partial charge is 0.384 e. The summed E-state index contributed by atoms with van der Waals surface area (Å²) in [5.74, 6) is -0.444. The van der Waals surface area contributed by atoms with Gasteiger partial charge in [-0.15, -0.1) is 0 Å². The summed E-state index contributed by atoms with van der Waals surface area (Å²) in [6, 6.07) is 12.1. The van der Waals surface area contributed by atoms with E-state index in [4.69, 9.17) is 11.1 Å². The molecule has 0 aliphatic carbocycles. The fraction of sp³-hybridized carbons (Fsp3) is 0.118. The normalized spacial score (nSPS) is 13.2. The molecule has 1 aliphatic heterocycles. The highest BCUT2D eigenvalue weighted by Crippen LogP contribution is 2.30. The minimum atomic E-state index is -0.200. The molecule has 0 saturated heterocycles. The topological polar surface area (TPSA) is 99.3 Å². The zero-order chi connectivity index (χ0) is 17.3. The average Bonchev–Trinajstić information content (AvgIpc) is 2.57. The number of benzene rings is 2. The summed E-state index contributed by atoms with van der Waals surface area (Å²) >= 11 is 3.33. The molecule has 0 aromatic heterocycles. The van der Waals surface area contributed by atoms with Gasteiger partial charge in [0.1, 0.15) is 5.84 Å². The smallest absolute Gasteiger partial charge is 0.246 e. The Labute approximate surface area is 147 Å². The third-order valence-corrected chi connectivity index (χ3v) is 4.33. The highest BCUT2D eigenvalue weighted by atomic mass is 79.9. The predicted molar refractivity (Wildman–Crippen MR) is 96.8 cm³/mol. The van der Waals surface area contributed by atoms with Gasteiger partial charge in [-0.3, -0.25) is 15.0 Å². The lowest BCUT2D eigenvalue weighted by Gasteiger charge is -2.30. The molecule has 24 heavy (non-hydrogen) atoms. The maximum Gasteiger partial charge on any atom is 0.246 e. The number of hydrogen-bond donors (Lipinski definition) is 3. The Morgan fingerprint density at radius 2 is 1.88 bits per heavy atom. The van der Waals surface area contributed by atoms with E-state index in [1.54, 1.807) is 42.5 Å². The molecule has 0 spiro atoms. The maximum absolute atomic E-state index is 12.5. The number of amides is 1. The molecule has 1 aliphatic rings. The van der Waals surface area contributed by atoms with Gasteiger partial charge in [-0.05, 0) is 30.3 Å². The van der Waals surface area contributed by atoms with Crippen LogP contribution in [0.2, 0.25) is 0 Å². The molecule has 122 valence electrons. The van der Waals surface area contributed by atoms with Crippen molar-refractivity contribution in [2.24, 2.45) is 5.73 Å². The molecule has 0 unspecified atom stereocenters. The van der Waals surface area contributed by atoms with Gasteiger partial charge in [0.05, 0.1) is 24.5 Å². The van der Waals surface area contributed by atoms with Crippen LogP contribution in [0.4, 0.5) is 11.4 Å². The monoisotopic (exact) mass is 386 g/mol. The number of anilines is 2. The van der Waals surface area contributed by atoms with Gasteiger partial charge in [0.15, 0.2) is 5.78 Å². The Balaban J connectivity index is 1.92. The quantitative estimate of drug-likeness (QED) is 0.426. The second-order valence-corrected chi connectivity index (χ2v) is 6.32. The number of rotatable bonds is 4. The third-order valence-electron chi connectivity index (χ3n) is 3.80. The van der Waals surface area contributed by atoms with E-state index in [9.17, 15) is 9.59 Å². The van der Waals surface area contributed by atoms with Crippen molar-refractivity contribution in [1.82, 2.24) is 0 Å². The van der Waals surface area contributed by atoms with Gasteiger partial charge in [0, 0.05) is 15.6 Å². The molecule has 4 N–H and O–H groups in total. The van der Waals surface area contributed by atoms with E-state index in [2.05, 4.69) is 21.2 Å². The molecule has 0 radical (unpaired) electrons. The summed E-state index contributed by atoms with van der Waals surface area (Å²) in [6.07, 6.45) is 0. The lowest BCUT2D eigenvalue weighted by atomic mass is 10.1. The summed E-state index contributed by atoms with van der Waals surface area (Å²) < 4.78 is 0.883. The number of nitrogens with one attached hydrogen (secondary N) is 2. The van der Waals surface area contributed by atoms with Crippen LogP contribution in [0.25, 0.3) is 0 Å². The molecule has 1 heterocycles. The minimum absolute atomic E-state index is 0.0590. The number of Topliss-reactive ketones (excluding diaryl/α,β-unsaturated/α-hetero) is 1. The summed E-state index contributed by atoms with van der Waals surface area (Å²) in [5, 5.41) is 10.6.